The quantitative estimate of drug-likeness (QED) is 0.465. The smallest absolute Gasteiger partial charge is 0.233 e. The fraction of sp³-hybridized carbons (Fsp3) is 0.0625. The SMILES string of the molecule is Brc1ccc(-c2noc(Cc3nc(-c4cccs4)cs3)n2)cc1. The molecule has 4 nitrogen and oxygen atoms in total. The van der Waals surface area contributed by atoms with Crippen molar-refractivity contribution >= 4 is 38.6 Å². The molecule has 114 valence electrons. The van der Waals surface area contributed by atoms with Crippen molar-refractivity contribution in [3.8, 4) is 22.0 Å². The Morgan fingerprint density at radius 2 is 1.91 bits per heavy atom. The molecule has 0 N–H and O–H groups in total. The summed E-state index contributed by atoms with van der Waals surface area (Å²) in [5, 5.41) is 9.13. The molecule has 0 fully saturated rings. The molecule has 0 saturated heterocycles. The van der Waals surface area contributed by atoms with Crippen LogP contribution in [-0.2, 0) is 6.42 Å². The molecule has 7 heteroatoms. The minimum atomic E-state index is 0.555. The molecule has 0 aliphatic carbocycles. The summed E-state index contributed by atoms with van der Waals surface area (Å²) < 4.78 is 6.37. The summed E-state index contributed by atoms with van der Waals surface area (Å²) in [5.74, 6) is 1.18. The van der Waals surface area contributed by atoms with Crippen molar-refractivity contribution < 1.29 is 4.52 Å². The molecule has 0 spiro atoms. The topological polar surface area (TPSA) is 51.8 Å². The lowest BCUT2D eigenvalue weighted by Gasteiger charge is -1.93. The van der Waals surface area contributed by atoms with Crippen LogP contribution in [0, 0.1) is 0 Å². The van der Waals surface area contributed by atoms with Crippen molar-refractivity contribution in [1.29, 1.82) is 0 Å². The van der Waals surface area contributed by atoms with Crippen LogP contribution < -0.4 is 0 Å². The Kier molecular flexibility index (Phi) is 4.07. The maximum atomic E-state index is 5.35. The molecular formula is C16H10BrN3OS2. The number of nitrogens with zero attached hydrogens (tertiary/aromatic N) is 3. The Hall–Kier alpha value is -1.83. The van der Waals surface area contributed by atoms with Gasteiger partial charge in [0.1, 0.15) is 5.01 Å². The van der Waals surface area contributed by atoms with Crippen LogP contribution in [0.5, 0.6) is 0 Å². The zero-order valence-electron chi connectivity index (χ0n) is 11.8. The van der Waals surface area contributed by atoms with Gasteiger partial charge in [-0.3, -0.25) is 0 Å². The van der Waals surface area contributed by atoms with Crippen LogP contribution in [0.25, 0.3) is 22.0 Å². The second-order valence-corrected chi connectivity index (χ2v) is 7.61. The van der Waals surface area contributed by atoms with Crippen LogP contribution in [-0.4, -0.2) is 15.1 Å². The van der Waals surface area contributed by atoms with Crippen molar-refractivity contribution in [2.45, 2.75) is 6.42 Å². The second-order valence-electron chi connectivity index (χ2n) is 4.80. The van der Waals surface area contributed by atoms with E-state index in [2.05, 4.69) is 47.9 Å². The van der Waals surface area contributed by atoms with Gasteiger partial charge in [0.25, 0.3) is 0 Å². The summed E-state index contributed by atoms with van der Waals surface area (Å²) in [7, 11) is 0. The van der Waals surface area contributed by atoms with E-state index < -0.39 is 0 Å². The normalized spacial score (nSPS) is 11.0. The molecule has 0 radical (unpaired) electrons. The van der Waals surface area contributed by atoms with Crippen molar-refractivity contribution in [2.75, 3.05) is 0 Å². The van der Waals surface area contributed by atoms with Gasteiger partial charge in [-0.15, -0.1) is 22.7 Å². The second kappa shape index (κ2) is 6.35. The summed E-state index contributed by atoms with van der Waals surface area (Å²) in [4.78, 5) is 10.3. The number of thiophene rings is 1. The molecule has 1 aromatic carbocycles. The van der Waals surface area contributed by atoms with E-state index in [1.807, 2.05) is 30.3 Å². The van der Waals surface area contributed by atoms with Crippen LogP contribution in [0.1, 0.15) is 10.9 Å². The van der Waals surface area contributed by atoms with Gasteiger partial charge in [-0.2, -0.15) is 4.98 Å². The number of rotatable bonds is 4. The Bertz CT molecular complexity index is 913. The molecule has 4 rings (SSSR count). The average molecular weight is 404 g/mol. The minimum absolute atomic E-state index is 0.555. The lowest BCUT2D eigenvalue weighted by Crippen LogP contribution is -1.88. The van der Waals surface area contributed by atoms with Gasteiger partial charge in [-0.1, -0.05) is 27.2 Å². The van der Waals surface area contributed by atoms with Gasteiger partial charge in [0.05, 0.1) is 17.0 Å². The first-order chi connectivity index (χ1) is 11.3. The summed E-state index contributed by atoms with van der Waals surface area (Å²) in [6.45, 7) is 0. The number of hydrogen-bond donors (Lipinski definition) is 0. The molecule has 3 heterocycles. The van der Waals surface area contributed by atoms with E-state index in [4.69, 9.17) is 4.52 Å². The van der Waals surface area contributed by atoms with E-state index in [1.54, 1.807) is 22.7 Å². The molecular weight excluding hydrogens is 394 g/mol. The Morgan fingerprint density at radius 1 is 1.04 bits per heavy atom. The zero-order chi connectivity index (χ0) is 15.6. The molecule has 0 aliphatic heterocycles. The van der Waals surface area contributed by atoms with Crippen LogP contribution in [0.15, 0.2) is 56.2 Å². The number of aromatic nitrogens is 3. The molecule has 0 atom stereocenters. The van der Waals surface area contributed by atoms with E-state index >= 15 is 0 Å². The van der Waals surface area contributed by atoms with Crippen LogP contribution >= 0.6 is 38.6 Å². The number of hydrogen-bond acceptors (Lipinski definition) is 6. The average Bonchev–Trinajstić information content (AvgIpc) is 3.29. The molecule has 0 unspecified atom stereocenters. The van der Waals surface area contributed by atoms with Gasteiger partial charge in [-0.25, -0.2) is 4.98 Å². The maximum absolute atomic E-state index is 5.35. The highest BCUT2D eigenvalue weighted by atomic mass is 79.9. The standard InChI is InChI=1S/C16H10BrN3OS2/c17-11-5-3-10(4-6-11)16-19-14(21-20-16)8-15-18-12(9-23-15)13-2-1-7-22-13/h1-7,9H,8H2. The molecule has 23 heavy (non-hydrogen) atoms. The van der Waals surface area contributed by atoms with Crippen molar-refractivity contribution in [3.05, 3.63) is 62.5 Å². The van der Waals surface area contributed by atoms with Gasteiger partial charge in [-0.05, 0) is 35.7 Å². The third-order valence-corrected chi connectivity index (χ3v) is 5.47. The predicted octanol–water partition coefficient (Wildman–Crippen LogP) is 5.27. The van der Waals surface area contributed by atoms with Crippen molar-refractivity contribution in [3.63, 3.8) is 0 Å². The number of halogens is 1. The Balaban J connectivity index is 1.53. The molecule has 4 aromatic rings. The first kappa shape index (κ1) is 14.7. The highest BCUT2D eigenvalue weighted by Crippen LogP contribution is 2.27. The minimum Gasteiger partial charge on any atom is -0.339 e. The number of benzene rings is 1. The highest BCUT2D eigenvalue weighted by molar-refractivity contribution is 9.10. The van der Waals surface area contributed by atoms with E-state index in [0.717, 1.165) is 20.7 Å². The van der Waals surface area contributed by atoms with E-state index in [1.165, 1.54) is 4.88 Å². The molecule has 0 amide bonds. The zero-order valence-corrected chi connectivity index (χ0v) is 15.0. The molecule has 0 bridgehead atoms. The number of thiazole rings is 1. The van der Waals surface area contributed by atoms with E-state index in [0.29, 0.717) is 18.1 Å². The van der Waals surface area contributed by atoms with E-state index in [9.17, 15) is 0 Å². The highest BCUT2D eigenvalue weighted by Gasteiger charge is 2.12. The largest absolute Gasteiger partial charge is 0.339 e. The Labute approximate surface area is 149 Å². The maximum Gasteiger partial charge on any atom is 0.233 e. The Morgan fingerprint density at radius 3 is 2.70 bits per heavy atom. The first-order valence-corrected chi connectivity index (χ1v) is 9.40. The predicted molar refractivity (Wildman–Crippen MR) is 95.7 cm³/mol. The fourth-order valence-electron chi connectivity index (χ4n) is 2.10. The fourth-order valence-corrected chi connectivity index (χ4v) is 3.91. The van der Waals surface area contributed by atoms with Gasteiger partial charge in [0.15, 0.2) is 0 Å². The van der Waals surface area contributed by atoms with E-state index in [-0.39, 0.29) is 0 Å². The summed E-state index contributed by atoms with van der Waals surface area (Å²) >= 11 is 6.71. The first-order valence-electron chi connectivity index (χ1n) is 6.85. The lowest BCUT2D eigenvalue weighted by molar-refractivity contribution is 0.385. The van der Waals surface area contributed by atoms with Gasteiger partial charge >= 0.3 is 0 Å². The summed E-state index contributed by atoms with van der Waals surface area (Å²) in [6, 6.07) is 11.9. The third kappa shape index (κ3) is 3.26. The molecule has 0 aliphatic rings. The third-order valence-electron chi connectivity index (χ3n) is 3.20. The van der Waals surface area contributed by atoms with Crippen molar-refractivity contribution in [2.24, 2.45) is 0 Å². The van der Waals surface area contributed by atoms with Crippen LogP contribution in [0.3, 0.4) is 0 Å². The van der Waals surface area contributed by atoms with Gasteiger partial charge in [0, 0.05) is 15.4 Å². The summed E-state index contributed by atoms with van der Waals surface area (Å²) in [6.07, 6.45) is 0.555. The lowest BCUT2D eigenvalue weighted by atomic mass is 10.2. The van der Waals surface area contributed by atoms with Crippen LogP contribution in [0.4, 0.5) is 0 Å². The van der Waals surface area contributed by atoms with Gasteiger partial charge < -0.3 is 4.52 Å². The monoisotopic (exact) mass is 403 g/mol. The summed E-state index contributed by atoms with van der Waals surface area (Å²) in [5.41, 5.74) is 1.94. The van der Waals surface area contributed by atoms with Crippen LogP contribution in [0.2, 0.25) is 0 Å². The molecule has 0 saturated carbocycles. The van der Waals surface area contributed by atoms with Crippen molar-refractivity contribution in [1.82, 2.24) is 15.1 Å². The molecule has 3 aromatic heterocycles. The van der Waals surface area contributed by atoms with Gasteiger partial charge in [0.2, 0.25) is 11.7 Å².